The number of rotatable bonds is 11. The van der Waals surface area contributed by atoms with Crippen LogP contribution in [0.5, 0.6) is 11.5 Å². The van der Waals surface area contributed by atoms with Gasteiger partial charge in [0.15, 0.2) is 6.61 Å². The van der Waals surface area contributed by atoms with Crippen LogP contribution >= 0.6 is 22.9 Å². The molecule has 6 rings (SSSR count). The molecular formula is C37H31ClN2O3S. The number of aromatic nitrogens is 1. The molecule has 2 heterocycles. The number of nitrogens with one attached hydrogen (secondary N) is 1. The van der Waals surface area contributed by atoms with Gasteiger partial charge in [0.2, 0.25) is 0 Å². The molecule has 7 heteroatoms. The number of para-hydroxylation sites is 1. The van der Waals surface area contributed by atoms with Gasteiger partial charge in [-0.2, -0.15) is 0 Å². The Kier molecular flexibility index (Phi) is 9.20. The van der Waals surface area contributed by atoms with E-state index in [2.05, 4.69) is 41.5 Å². The van der Waals surface area contributed by atoms with Crippen LogP contribution in [0.1, 0.15) is 27.6 Å². The second-order valence-electron chi connectivity index (χ2n) is 10.5. The lowest BCUT2D eigenvalue weighted by molar-refractivity contribution is -0.123. The zero-order valence-corrected chi connectivity index (χ0v) is 25.8. The summed E-state index contributed by atoms with van der Waals surface area (Å²) in [5.74, 6) is 1.06. The number of carbonyl (C=O) groups excluding carboxylic acids is 1. The van der Waals surface area contributed by atoms with Gasteiger partial charge in [0.05, 0.1) is 11.1 Å². The van der Waals surface area contributed by atoms with Crippen molar-refractivity contribution in [2.45, 2.75) is 26.0 Å². The van der Waals surface area contributed by atoms with Crippen molar-refractivity contribution in [3.63, 3.8) is 0 Å². The van der Waals surface area contributed by atoms with E-state index in [1.807, 2.05) is 91.0 Å². The summed E-state index contributed by atoms with van der Waals surface area (Å²) in [7, 11) is 0. The van der Waals surface area contributed by atoms with E-state index in [1.165, 1.54) is 9.75 Å². The van der Waals surface area contributed by atoms with Gasteiger partial charge in [-0.1, -0.05) is 78.3 Å². The fraction of sp³-hybridized carbons (Fsp3) is 0.135. The van der Waals surface area contributed by atoms with Gasteiger partial charge >= 0.3 is 0 Å². The van der Waals surface area contributed by atoms with E-state index in [1.54, 1.807) is 17.5 Å². The molecule has 1 atom stereocenters. The number of ether oxygens (including phenoxy) is 2. The van der Waals surface area contributed by atoms with Crippen LogP contribution in [0.2, 0.25) is 5.02 Å². The van der Waals surface area contributed by atoms with Crippen molar-refractivity contribution in [2.24, 2.45) is 0 Å². The smallest absolute Gasteiger partial charge is 0.258 e. The third kappa shape index (κ3) is 7.10. The molecule has 0 saturated heterocycles. The molecule has 220 valence electrons. The third-order valence-electron chi connectivity index (χ3n) is 7.28. The summed E-state index contributed by atoms with van der Waals surface area (Å²) >= 11 is 8.55. The molecule has 4 aromatic carbocycles. The summed E-state index contributed by atoms with van der Waals surface area (Å²) in [6.07, 6.45) is 2.17. The predicted octanol–water partition coefficient (Wildman–Crippen LogP) is 8.98. The summed E-state index contributed by atoms with van der Waals surface area (Å²) in [5, 5.41) is 4.62. The van der Waals surface area contributed by atoms with E-state index in [-0.39, 0.29) is 18.6 Å². The van der Waals surface area contributed by atoms with Crippen LogP contribution in [0, 0.1) is 6.92 Å². The molecule has 0 saturated carbocycles. The Hall–Kier alpha value is -4.65. The Morgan fingerprint density at radius 1 is 0.886 bits per heavy atom. The lowest BCUT2D eigenvalue weighted by Gasteiger charge is -2.23. The molecule has 6 aromatic rings. The summed E-state index contributed by atoms with van der Waals surface area (Å²) in [6, 6.07) is 37.2. The Morgan fingerprint density at radius 3 is 2.45 bits per heavy atom. The molecule has 0 fully saturated rings. The van der Waals surface area contributed by atoms with Crippen molar-refractivity contribution < 1.29 is 14.3 Å². The van der Waals surface area contributed by atoms with Crippen molar-refractivity contribution in [1.29, 1.82) is 0 Å². The van der Waals surface area contributed by atoms with E-state index in [0.29, 0.717) is 35.1 Å². The number of carbonyl (C=O) groups is 1. The topological polar surface area (TPSA) is 60.5 Å². The van der Waals surface area contributed by atoms with Gasteiger partial charge in [0, 0.05) is 33.3 Å². The van der Waals surface area contributed by atoms with Crippen molar-refractivity contribution >= 4 is 39.7 Å². The summed E-state index contributed by atoms with van der Waals surface area (Å²) in [4.78, 5) is 20.4. The van der Waals surface area contributed by atoms with E-state index in [0.717, 1.165) is 27.6 Å². The van der Waals surface area contributed by atoms with Gasteiger partial charge in [0.1, 0.15) is 23.6 Å². The van der Waals surface area contributed by atoms with Crippen molar-refractivity contribution in [2.75, 3.05) is 6.61 Å². The first-order valence-corrected chi connectivity index (χ1v) is 15.6. The van der Waals surface area contributed by atoms with Gasteiger partial charge in [0.25, 0.3) is 5.91 Å². The molecule has 0 aliphatic heterocycles. The SMILES string of the molecule is Cc1ccc(-c2cccc(C(Cc3cc(Cl)c4cccnc4c3OCc3ccccc3)NC(=O)COc3ccccc3)c2)s1. The van der Waals surface area contributed by atoms with Gasteiger partial charge in [-0.3, -0.25) is 9.78 Å². The maximum absolute atomic E-state index is 13.3. The van der Waals surface area contributed by atoms with Crippen molar-refractivity contribution in [3.8, 4) is 21.9 Å². The summed E-state index contributed by atoms with van der Waals surface area (Å²) < 4.78 is 12.2. The van der Waals surface area contributed by atoms with E-state index >= 15 is 0 Å². The normalized spacial score (nSPS) is 11.7. The first-order valence-electron chi connectivity index (χ1n) is 14.4. The van der Waals surface area contributed by atoms with Gasteiger partial charge < -0.3 is 14.8 Å². The Morgan fingerprint density at radius 2 is 1.68 bits per heavy atom. The number of halogens is 1. The standard InChI is InChI=1S/C37H31ClN2O3S/c1-25-17-18-34(44-25)28-13-8-12-27(20-28)33(40-35(41)24-42-30-14-6-3-7-15-30)22-29-21-32(38)31-16-9-19-39-36(31)37(29)43-23-26-10-4-2-5-11-26/h2-21,33H,22-24H2,1H3,(H,40,41). The van der Waals surface area contributed by atoms with Gasteiger partial charge in [-0.25, -0.2) is 0 Å². The van der Waals surface area contributed by atoms with Crippen LogP contribution in [-0.2, 0) is 17.8 Å². The number of amides is 1. The number of hydrogen-bond donors (Lipinski definition) is 1. The average Bonchev–Trinajstić information content (AvgIpc) is 3.50. The maximum Gasteiger partial charge on any atom is 0.258 e. The summed E-state index contributed by atoms with van der Waals surface area (Å²) in [5.41, 5.74) is 4.64. The van der Waals surface area contributed by atoms with Crippen LogP contribution < -0.4 is 14.8 Å². The van der Waals surface area contributed by atoms with E-state index in [9.17, 15) is 4.79 Å². The predicted molar refractivity (Wildman–Crippen MR) is 179 cm³/mol. The van der Waals surface area contributed by atoms with Crippen LogP contribution in [-0.4, -0.2) is 17.5 Å². The quantitative estimate of drug-likeness (QED) is 0.157. The second kappa shape index (κ2) is 13.8. The first kappa shape index (κ1) is 29.4. The number of benzene rings is 4. The maximum atomic E-state index is 13.3. The lowest BCUT2D eigenvalue weighted by atomic mass is 9.95. The highest BCUT2D eigenvalue weighted by molar-refractivity contribution is 7.15. The fourth-order valence-electron chi connectivity index (χ4n) is 5.14. The molecule has 1 amide bonds. The zero-order chi connectivity index (χ0) is 30.3. The molecule has 44 heavy (non-hydrogen) atoms. The zero-order valence-electron chi connectivity index (χ0n) is 24.2. The lowest BCUT2D eigenvalue weighted by Crippen LogP contribution is -2.34. The molecule has 1 N–H and O–H groups in total. The van der Waals surface area contributed by atoms with E-state index < -0.39 is 0 Å². The average molecular weight is 619 g/mol. The molecule has 1 unspecified atom stereocenters. The Labute approximate surface area is 266 Å². The molecule has 0 bridgehead atoms. The minimum absolute atomic E-state index is 0.109. The minimum atomic E-state index is -0.390. The van der Waals surface area contributed by atoms with Crippen LogP contribution in [0.25, 0.3) is 21.3 Å². The second-order valence-corrected chi connectivity index (χ2v) is 12.2. The highest BCUT2D eigenvalue weighted by Gasteiger charge is 2.22. The van der Waals surface area contributed by atoms with E-state index in [4.69, 9.17) is 21.1 Å². The number of thiophene rings is 1. The number of nitrogens with zero attached hydrogens (tertiary/aromatic N) is 1. The van der Waals surface area contributed by atoms with Gasteiger partial charge in [-0.05, 0) is 72.1 Å². The van der Waals surface area contributed by atoms with Crippen molar-refractivity contribution in [1.82, 2.24) is 10.3 Å². The van der Waals surface area contributed by atoms with Crippen LogP contribution in [0.4, 0.5) is 0 Å². The molecule has 5 nitrogen and oxygen atoms in total. The summed E-state index contributed by atoms with van der Waals surface area (Å²) in [6.45, 7) is 2.36. The molecule has 2 aromatic heterocycles. The van der Waals surface area contributed by atoms with Crippen LogP contribution in [0.15, 0.2) is 121 Å². The highest BCUT2D eigenvalue weighted by Crippen LogP contribution is 2.37. The largest absolute Gasteiger partial charge is 0.486 e. The monoisotopic (exact) mass is 618 g/mol. The first-order chi connectivity index (χ1) is 21.5. The molecule has 0 radical (unpaired) electrons. The van der Waals surface area contributed by atoms with Gasteiger partial charge in [-0.15, -0.1) is 11.3 Å². The fourth-order valence-corrected chi connectivity index (χ4v) is 6.29. The Balaban J connectivity index is 1.35. The van der Waals surface area contributed by atoms with Crippen molar-refractivity contribution in [3.05, 3.63) is 148 Å². The third-order valence-corrected chi connectivity index (χ3v) is 8.65. The molecule has 0 aliphatic rings. The molecular weight excluding hydrogens is 588 g/mol. The number of aryl methyl sites for hydroxylation is 1. The highest BCUT2D eigenvalue weighted by atomic mass is 35.5. The Bertz CT molecular complexity index is 1880. The van der Waals surface area contributed by atoms with Crippen LogP contribution in [0.3, 0.4) is 0 Å². The molecule has 0 aliphatic carbocycles. The number of fused-ring (bicyclic) bond motifs is 1. The molecule has 0 spiro atoms. The number of pyridine rings is 1. The number of hydrogen-bond acceptors (Lipinski definition) is 5. The minimum Gasteiger partial charge on any atom is -0.486 e.